The van der Waals surface area contributed by atoms with Gasteiger partial charge in [-0.15, -0.1) is 0 Å². The van der Waals surface area contributed by atoms with Crippen LogP contribution in [0.5, 0.6) is 0 Å². The molecule has 5 heteroatoms. The van der Waals surface area contributed by atoms with Gasteiger partial charge in [-0.2, -0.15) is 4.98 Å². The van der Waals surface area contributed by atoms with Gasteiger partial charge in [0.05, 0.1) is 5.69 Å². The Morgan fingerprint density at radius 1 is 1.44 bits per heavy atom. The Bertz CT molecular complexity index is 521. The van der Waals surface area contributed by atoms with Crippen molar-refractivity contribution in [1.82, 2.24) is 9.88 Å². The van der Waals surface area contributed by atoms with E-state index < -0.39 is 0 Å². The summed E-state index contributed by atoms with van der Waals surface area (Å²) in [6.07, 6.45) is 1.03. The van der Waals surface area contributed by atoms with E-state index in [1.807, 2.05) is 18.2 Å². The van der Waals surface area contributed by atoms with Gasteiger partial charge in [0.2, 0.25) is 0 Å². The maximum atomic E-state index is 5.84. The summed E-state index contributed by atoms with van der Waals surface area (Å²) in [7, 11) is 4.12. The van der Waals surface area contributed by atoms with E-state index in [0.29, 0.717) is 17.7 Å². The number of hydrogen-bond donors (Lipinski definition) is 2. The third-order valence-corrected chi connectivity index (χ3v) is 2.83. The summed E-state index contributed by atoms with van der Waals surface area (Å²) in [6.45, 7) is 3.14. The van der Waals surface area contributed by atoms with Gasteiger partial charge in [0, 0.05) is 6.04 Å². The zero-order valence-electron chi connectivity index (χ0n) is 11.1. The molecule has 0 spiro atoms. The van der Waals surface area contributed by atoms with Crippen molar-refractivity contribution in [3.8, 4) is 0 Å². The molecule has 3 N–H and O–H groups in total. The Morgan fingerprint density at radius 3 is 2.89 bits per heavy atom. The number of rotatable bonds is 5. The third kappa shape index (κ3) is 2.92. The second kappa shape index (κ2) is 5.27. The first kappa shape index (κ1) is 12.7. The molecular formula is C13H20N4O. The molecule has 18 heavy (non-hydrogen) atoms. The molecule has 0 fully saturated rings. The van der Waals surface area contributed by atoms with Gasteiger partial charge in [0.25, 0.3) is 6.01 Å². The van der Waals surface area contributed by atoms with E-state index in [2.05, 4.69) is 36.2 Å². The molecule has 0 saturated heterocycles. The summed E-state index contributed by atoms with van der Waals surface area (Å²) in [5, 5.41) is 3.25. The van der Waals surface area contributed by atoms with Gasteiger partial charge in [0.15, 0.2) is 5.58 Å². The lowest BCUT2D eigenvalue weighted by Gasteiger charge is -2.15. The Morgan fingerprint density at radius 2 is 2.22 bits per heavy atom. The first-order valence-corrected chi connectivity index (χ1v) is 6.12. The number of fused-ring (bicyclic) bond motifs is 1. The van der Waals surface area contributed by atoms with Crippen molar-refractivity contribution in [3.05, 3.63) is 18.2 Å². The van der Waals surface area contributed by atoms with Gasteiger partial charge in [0.1, 0.15) is 5.52 Å². The predicted molar refractivity (Wildman–Crippen MR) is 74.7 cm³/mol. The molecule has 1 aromatic carbocycles. The van der Waals surface area contributed by atoms with E-state index in [4.69, 9.17) is 10.2 Å². The van der Waals surface area contributed by atoms with E-state index in [1.54, 1.807) is 0 Å². The number of nitrogens with two attached hydrogens (primary N) is 1. The zero-order valence-corrected chi connectivity index (χ0v) is 11.1. The summed E-state index contributed by atoms with van der Waals surface area (Å²) in [6, 6.07) is 6.40. The Hall–Kier alpha value is -1.75. The van der Waals surface area contributed by atoms with Crippen LogP contribution >= 0.6 is 0 Å². The van der Waals surface area contributed by atoms with Gasteiger partial charge in [-0.05, 0) is 46.1 Å². The van der Waals surface area contributed by atoms with Crippen molar-refractivity contribution in [2.24, 2.45) is 0 Å². The fourth-order valence-corrected chi connectivity index (χ4v) is 1.77. The molecule has 0 saturated carbocycles. The standard InChI is InChI=1S/C13H20N4O/c1-9(7-8-17(2)3)15-13-16-12-10(14)5-4-6-11(12)18-13/h4-6,9H,7-8,14H2,1-3H3,(H,15,16). The largest absolute Gasteiger partial charge is 0.423 e. The predicted octanol–water partition coefficient (Wildman–Crippen LogP) is 2.16. The molecule has 98 valence electrons. The molecule has 1 atom stereocenters. The highest BCUT2D eigenvalue weighted by Crippen LogP contribution is 2.24. The summed E-state index contributed by atoms with van der Waals surface area (Å²) in [4.78, 5) is 6.52. The summed E-state index contributed by atoms with van der Waals surface area (Å²) >= 11 is 0. The molecular weight excluding hydrogens is 228 g/mol. The van der Waals surface area contributed by atoms with Crippen LogP contribution in [0.1, 0.15) is 13.3 Å². The zero-order chi connectivity index (χ0) is 13.1. The highest BCUT2D eigenvalue weighted by molar-refractivity contribution is 5.86. The van der Waals surface area contributed by atoms with E-state index in [0.717, 1.165) is 24.1 Å². The van der Waals surface area contributed by atoms with Crippen LogP contribution in [0.2, 0.25) is 0 Å². The molecule has 2 rings (SSSR count). The van der Waals surface area contributed by atoms with Crippen LogP contribution in [-0.4, -0.2) is 36.6 Å². The molecule has 5 nitrogen and oxygen atoms in total. The Kier molecular flexibility index (Phi) is 3.72. The van der Waals surface area contributed by atoms with E-state index >= 15 is 0 Å². The van der Waals surface area contributed by atoms with Crippen LogP contribution in [0.4, 0.5) is 11.7 Å². The third-order valence-electron chi connectivity index (χ3n) is 2.83. The highest BCUT2D eigenvalue weighted by Gasteiger charge is 2.10. The normalized spacial score (nSPS) is 13.1. The number of nitrogens with one attached hydrogen (secondary N) is 1. The lowest BCUT2D eigenvalue weighted by molar-refractivity contribution is 0.389. The SMILES string of the molecule is CC(CCN(C)C)Nc1nc2c(N)cccc2o1. The fraction of sp³-hybridized carbons (Fsp3) is 0.462. The summed E-state index contributed by atoms with van der Waals surface area (Å²) in [5.41, 5.74) is 7.93. The van der Waals surface area contributed by atoms with Gasteiger partial charge in [-0.3, -0.25) is 0 Å². The van der Waals surface area contributed by atoms with Crippen molar-refractivity contribution < 1.29 is 4.42 Å². The average molecular weight is 248 g/mol. The molecule has 1 heterocycles. The number of aromatic nitrogens is 1. The van der Waals surface area contributed by atoms with Crippen molar-refractivity contribution in [2.45, 2.75) is 19.4 Å². The van der Waals surface area contributed by atoms with Crippen molar-refractivity contribution in [1.29, 1.82) is 0 Å². The molecule has 0 aliphatic rings. The number of nitrogen functional groups attached to an aromatic ring is 1. The minimum atomic E-state index is 0.307. The second-order valence-corrected chi connectivity index (χ2v) is 4.85. The highest BCUT2D eigenvalue weighted by atomic mass is 16.4. The maximum Gasteiger partial charge on any atom is 0.295 e. The molecule has 2 aromatic rings. The number of oxazole rings is 1. The van der Waals surface area contributed by atoms with Crippen molar-refractivity contribution >= 4 is 22.8 Å². The summed E-state index contributed by atoms with van der Waals surface area (Å²) in [5.74, 6) is 0. The molecule has 1 aromatic heterocycles. The first-order chi connectivity index (χ1) is 8.56. The number of hydrogen-bond acceptors (Lipinski definition) is 5. The first-order valence-electron chi connectivity index (χ1n) is 6.12. The quantitative estimate of drug-likeness (QED) is 0.794. The van der Waals surface area contributed by atoms with Crippen LogP contribution in [0.3, 0.4) is 0 Å². The van der Waals surface area contributed by atoms with E-state index in [1.165, 1.54) is 0 Å². The topological polar surface area (TPSA) is 67.3 Å². The average Bonchev–Trinajstić information content (AvgIpc) is 2.70. The lowest BCUT2D eigenvalue weighted by Crippen LogP contribution is -2.23. The Labute approximate surface area is 107 Å². The van der Waals surface area contributed by atoms with Gasteiger partial charge >= 0.3 is 0 Å². The second-order valence-electron chi connectivity index (χ2n) is 4.85. The van der Waals surface area contributed by atoms with Crippen molar-refractivity contribution in [3.63, 3.8) is 0 Å². The van der Waals surface area contributed by atoms with Crippen LogP contribution in [0.15, 0.2) is 22.6 Å². The maximum absolute atomic E-state index is 5.84. The fourth-order valence-electron chi connectivity index (χ4n) is 1.77. The van der Waals surface area contributed by atoms with Crippen LogP contribution in [0.25, 0.3) is 11.1 Å². The number of anilines is 2. The van der Waals surface area contributed by atoms with Crippen LogP contribution in [-0.2, 0) is 0 Å². The van der Waals surface area contributed by atoms with Gasteiger partial charge in [-0.1, -0.05) is 6.07 Å². The van der Waals surface area contributed by atoms with E-state index in [9.17, 15) is 0 Å². The number of nitrogens with zero attached hydrogens (tertiary/aromatic N) is 2. The monoisotopic (exact) mass is 248 g/mol. The Balaban J connectivity index is 2.05. The molecule has 0 amide bonds. The molecule has 0 bridgehead atoms. The molecule has 0 aliphatic carbocycles. The minimum Gasteiger partial charge on any atom is -0.423 e. The van der Waals surface area contributed by atoms with E-state index in [-0.39, 0.29) is 0 Å². The van der Waals surface area contributed by atoms with Crippen molar-refractivity contribution in [2.75, 3.05) is 31.7 Å². The molecule has 0 radical (unpaired) electrons. The van der Waals surface area contributed by atoms with Gasteiger partial charge in [-0.25, -0.2) is 0 Å². The summed E-state index contributed by atoms with van der Waals surface area (Å²) < 4.78 is 5.61. The molecule has 0 aliphatic heterocycles. The minimum absolute atomic E-state index is 0.307. The number of benzene rings is 1. The number of para-hydroxylation sites is 1. The van der Waals surface area contributed by atoms with Gasteiger partial charge < -0.3 is 20.4 Å². The van der Waals surface area contributed by atoms with Crippen LogP contribution < -0.4 is 11.1 Å². The van der Waals surface area contributed by atoms with Crippen LogP contribution in [0, 0.1) is 0 Å². The lowest BCUT2D eigenvalue weighted by atomic mass is 10.2. The molecule has 1 unspecified atom stereocenters. The smallest absolute Gasteiger partial charge is 0.295 e.